The lowest BCUT2D eigenvalue weighted by molar-refractivity contribution is -0.154. The number of carbonyl (C=O) groups excluding carboxylic acids is 2. The molecule has 0 bridgehead atoms. The summed E-state index contributed by atoms with van der Waals surface area (Å²) in [5.74, 6) is 0.237. The second-order valence-corrected chi connectivity index (χ2v) is 7.83. The maximum absolute atomic E-state index is 12.7. The van der Waals surface area contributed by atoms with E-state index in [1.807, 2.05) is 13.0 Å². The van der Waals surface area contributed by atoms with Gasteiger partial charge < -0.3 is 14.1 Å². The molecular weight excluding hydrogens is 394 g/mol. The Bertz CT molecular complexity index is 1120. The van der Waals surface area contributed by atoms with Crippen LogP contribution in [0.15, 0.2) is 52.0 Å². The second-order valence-electron chi connectivity index (χ2n) is 6.72. The number of amides is 1. The molecular formula is C20H19N3O5S. The van der Waals surface area contributed by atoms with Gasteiger partial charge in [-0.05, 0) is 30.7 Å². The lowest BCUT2D eigenvalue weighted by Crippen LogP contribution is -2.42. The minimum Gasteiger partial charge on any atom is -0.466 e. The summed E-state index contributed by atoms with van der Waals surface area (Å²) in [4.78, 5) is 43.1. The van der Waals surface area contributed by atoms with Crippen LogP contribution in [0.5, 0.6) is 0 Å². The molecule has 0 aliphatic carbocycles. The molecule has 0 spiro atoms. The van der Waals surface area contributed by atoms with Gasteiger partial charge in [0, 0.05) is 24.9 Å². The summed E-state index contributed by atoms with van der Waals surface area (Å²) in [5.41, 5.74) is 1.48. The van der Waals surface area contributed by atoms with Crippen LogP contribution in [-0.4, -0.2) is 38.0 Å². The molecule has 9 heteroatoms. The molecule has 4 heterocycles. The molecule has 3 aromatic rings. The predicted molar refractivity (Wildman–Crippen MR) is 106 cm³/mol. The number of furan rings is 1. The SMILES string of the molecule is CC(=O)N1[C@@H](c2ccco2)SC[C@H]1C(=O)OCc1cc(=O)n2cccc(C)c2n1. The van der Waals surface area contributed by atoms with Crippen molar-refractivity contribution in [3.63, 3.8) is 0 Å². The van der Waals surface area contributed by atoms with E-state index in [2.05, 4.69) is 4.98 Å². The van der Waals surface area contributed by atoms with E-state index in [4.69, 9.17) is 9.15 Å². The number of ether oxygens (including phenoxy) is 1. The number of hydrogen-bond donors (Lipinski definition) is 0. The molecule has 29 heavy (non-hydrogen) atoms. The molecule has 1 aliphatic rings. The van der Waals surface area contributed by atoms with Crippen molar-refractivity contribution in [1.29, 1.82) is 0 Å². The van der Waals surface area contributed by atoms with Gasteiger partial charge in [0.2, 0.25) is 5.91 Å². The Balaban J connectivity index is 1.51. The van der Waals surface area contributed by atoms with E-state index in [1.165, 1.54) is 40.3 Å². The third-order valence-electron chi connectivity index (χ3n) is 4.72. The lowest BCUT2D eigenvalue weighted by atomic mass is 10.2. The maximum atomic E-state index is 12.7. The standard InChI is InChI=1S/C20H19N3O5S/c1-12-5-3-7-22-17(25)9-14(21-18(12)22)10-28-20(26)15-11-29-19(23(15)13(2)24)16-6-4-8-27-16/h3-9,15,19H,10-11H2,1-2H3/t15-,19+/m0/s1. The van der Waals surface area contributed by atoms with Crippen molar-refractivity contribution in [3.8, 4) is 0 Å². The summed E-state index contributed by atoms with van der Waals surface area (Å²) >= 11 is 1.44. The number of esters is 1. The maximum Gasteiger partial charge on any atom is 0.330 e. The largest absolute Gasteiger partial charge is 0.466 e. The van der Waals surface area contributed by atoms with Gasteiger partial charge >= 0.3 is 5.97 Å². The molecule has 1 amide bonds. The first-order valence-electron chi connectivity index (χ1n) is 9.04. The van der Waals surface area contributed by atoms with Crippen molar-refractivity contribution < 1.29 is 18.7 Å². The zero-order valence-corrected chi connectivity index (χ0v) is 16.7. The molecule has 1 saturated heterocycles. The van der Waals surface area contributed by atoms with Crippen LogP contribution in [0.25, 0.3) is 5.65 Å². The monoisotopic (exact) mass is 413 g/mol. The number of thioether (sulfide) groups is 1. The summed E-state index contributed by atoms with van der Waals surface area (Å²) in [5, 5.41) is -0.369. The molecule has 2 atom stereocenters. The highest BCUT2D eigenvalue weighted by Gasteiger charge is 2.43. The van der Waals surface area contributed by atoms with Crippen molar-refractivity contribution in [2.24, 2.45) is 0 Å². The summed E-state index contributed by atoms with van der Waals surface area (Å²) in [6.07, 6.45) is 3.18. The number of hydrogen-bond acceptors (Lipinski definition) is 7. The smallest absolute Gasteiger partial charge is 0.330 e. The van der Waals surface area contributed by atoms with E-state index in [0.717, 1.165) is 5.56 Å². The minimum absolute atomic E-state index is 0.142. The van der Waals surface area contributed by atoms with Gasteiger partial charge in [0.1, 0.15) is 29.4 Å². The van der Waals surface area contributed by atoms with Gasteiger partial charge in [0.05, 0.1) is 12.0 Å². The molecule has 0 unspecified atom stereocenters. The molecule has 1 aliphatic heterocycles. The fraction of sp³-hybridized carbons (Fsp3) is 0.300. The Morgan fingerprint density at radius 2 is 2.17 bits per heavy atom. The summed E-state index contributed by atoms with van der Waals surface area (Å²) in [6.45, 7) is 3.13. The third kappa shape index (κ3) is 3.65. The van der Waals surface area contributed by atoms with Gasteiger partial charge in [-0.3, -0.25) is 14.0 Å². The quantitative estimate of drug-likeness (QED) is 0.606. The van der Waals surface area contributed by atoms with Crippen LogP contribution in [0.3, 0.4) is 0 Å². The van der Waals surface area contributed by atoms with Crippen molar-refractivity contribution in [1.82, 2.24) is 14.3 Å². The van der Waals surface area contributed by atoms with E-state index in [1.54, 1.807) is 24.4 Å². The molecule has 150 valence electrons. The van der Waals surface area contributed by atoms with Gasteiger partial charge in [-0.2, -0.15) is 0 Å². The topological polar surface area (TPSA) is 94.1 Å². The predicted octanol–water partition coefficient (Wildman–Crippen LogP) is 2.30. The zero-order chi connectivity index (χ0) is 20.5. The summed E-state index contributed by atoms with van der Waals surface area (Å²) in [7, 11) is 0. The molecule has 0 saturated carbocycles. The Kier molecular flexibility index (Phi) is 5.14. The van der Waals surface area contributed by atoms with Crippen LogP contribution < -0.4 is 5.56 Å². The van der Waals surface area contributed by atoms with E-state index in [9.17, 15) is 14.4 Å². The van der Waals surface area contributed by atoms with Crippen LogP contribution in [0, 0.1) is 6.92 Å². The Hall–Kier alpha value is -3.07. The molecule has 4 rings (SSSR count). The van der Waals surface area contributed by atoms with E-state index in [0.29, 0.717) is 22.9 Å². The van der Waals surface area contributed by atoms with Crippen LogP contribution in [0.4, 0.5) is 0 Å². The third-order valence-corrected chi connectivity index (χ3v) is 6.01. The molecule has 1 fully saturated rings. The van der Waals surface area contributed by atoms with Crippen molar-refractivity contribution in [3.05, 3.63) is 70.2 Å². The number of nitrogens with zero attached hydrogens (tertiary/aromatic N) is 3. The molecule has 0 radical (unpaired) electrons. The van der Waals surface area contributed by atoms with Gasteiger partial charge in [0.25, 0.3) is 5.56 Å². The first kappa shape index (κ1) is 19.3. The zero-order valence-electron chi connectivity index (χ0n) is 15.9. The van der Waals surface area contributed by atoms with Crippen LogP contribution >= 0.6 is 11.8 Å². The number of pyridine rings is 1. The summed E-state index contributed by atoms with van der Waals surface area (Å²) < 4.78 is 12.3. The van der Waals surface area contributed by atoms with Gasteiger partial charge in [-0.25, -0.2) is 9.78 Å². The van der Waals surface area contributed by atoms with E-state index >= 15 is 0 Å². The summed E-state index contributed by atoms with van der Waals surface area (Å²) in [6, 6.07) is 7.76. The molecule has 8 nitrogen and oxygen atoms in total. The van der Waals surface area contributed by atoms with Crippen molar-refractivity contribution >= 4 is 29.3 Å². The van der Waals surface area contributed by atoms with E-state index in [-0.39, 0.29) is 23.4 Å². The lowest BCUT2D eigenvalue weighted by Gasteiger charge is -2.25. The molecule has 0 aromatic carbocycles. The minimum atomic E-state index is -0.726. The van der Waals surface area contributed by atoms with Gasteiger partial charge in [-0.15, -0.1) is 11.8 Å². The Morgan fingerprint density at radius 1 is 1.34 bits per heavy atom. The van der Waals surface area contributed by atoms with Crippen molar-refractivity contribution in [2.75, 3.05) is 5.75 Å². The molecule has 3 aromatic heterocycles. The van der Waals surface area contributed by atoms with Crippen LogP contribution in [0.1, 0.15) is 29.3 Å². The number of carbonyl (C=O) groups is 2. The second kappa shape index (κ2) is 7.75. The van der Waals surface area contributed by atoms with Crippen molar-refractivity contribution in [2.45, 2.75) is 31.9 Å². The normalized spacial score (nSPS) is 18.9. The highest BCUT2D eigenvalue weighted by atomic mass is 32.2. The van der Waals surface area contributed by atoms with Crippen LogP contribution in [-0.2, 0) is 20.9 Å². The fourth-order valence-electron chi connectivity index (χ4n) is 3.35. The number of aromatic nitrogens is 2. The van der Waals surface area contributed by atoms with Gasteiger partial charge in [0.15, 0.2) is 0 Å². The number of aryl methyl sites for hydroxylation is 1. The average Bonchev–Trinajstić information content (AvgIpc) is 3.36. The number of rotatable bonds is 4. The average molecular weight is 413 g/mol. The highest BCUT2D eigenvalue weighted by molar-refractivity contribution is 7.99. The number of fused-ring (bicyclic) bond motifs is 1. The first-order valence-corrected chi connectivity index (χ1v) is 10.1. The Labute approximate surface area is 170 Å². The fourth-order valence-corrected chi connectivity index (χ4v) is 4.76. The first-order chi connectivity index (χ1) is 14.0. The van der Waals surface area contributed by atoms with Crippen LogP contribution in [0.2, 0.25) is 0 Å². The van der Waals surface area contributed by atoms with Gasteiger partial charge in [-0.1, -0.05) is 6.07 Å². The molecule has 0 N–H and O–H groups in total. The highest BCUT2D eigenvalue weighted by Crippen LogP contribution is 2.41. The van der Waals surface area contributed by atoms with E-state index < -0.39 is 12.0 Å². The Morgan fingerprint density at radius 3 is 2.90 bits per heavy atom.